The van der Waals surface area contributed by atoms with Gasteiger partial charge < -0.3 is 5.11 Å². The molecule has 0 spiro atoms. The van der Waals surface area contributed by atoms with Crippen molar-refractivity contribution in [3.05, 3.63) is 0 Å². The van der Waals surface area contributed by atoms with E-state index in [1.165, 1.54) is 0 Å². The van der Waals surface area contributed by atoms with Gasteiger partial charge in [0.1, 0.15) is 0 Å². The molecule has 1 N–H and O–H groups in total. The summed E-state index contributed by atoms with van der Waals surface area (Å²) in [7, 11) is -0.828. The molecule has 0 bridgehead atoms. The first kappa shape index (κ1) is 13.4. The number of hydrogen-bond donors (Lipinski definition) is 1. The summed E-state index contributed by atoms with van der Waals surface area (Å²) in [5.74, 6) is 10.1. The Morgan fingerprint density at radius 3 is 2.43 bits per heavy atom. The standard InChI is InChI=1S/C12H20OS/c1-4-5-11-14(2,3)12-9-7-6-8-10-13/h13H,6-8,10-11H2,1-3H3. The first-order valence-electron chi connectivity index (χ1n) is 4.83. The highest BCUT2D eigenvalue weighted by Crippen LogP contribution is 2.37. The fourth-order valence-electron chi connectivity index (χ4n) is 0.860. The zero-order chi connectivity index (χ0) is 10.9. The third-order valence-corrected chi connectivity index (χ3v) is 3.23. The van der Waals surface area contributed by atoms with Gasteiger partial charge in [-0.15, -0.1) is 5.92 Å². The predicted molar refractivity (Wildman–Crippen MR) is 66.5 cm³/mol. The van der Waals surface area contributed by atoms with Crippen molar-refractivity contribution in [1.29, 1.82) is 0 Å². The van der Waals surface area contributed by atoms with Crippen LogP contribution in [0.3, 0.4) is 0 Å². The van der Waals surface area contributed by atoms with Gasteiger partial charge in [0, 0.05) is 18.8 Å². The molecule has 0 heterocycles. The monoisotopic (exact) mass is 212 g/mol. The zero-order valence-electron chi connectivity index (χ0n) is 9.39. The van der Waals surface area contributed by atoms with Crippen molar-refractivity contribution in [2.24, 2.45) is 0 Å². The highest BCUT2D eigenvalue weighted by molar-refractivity contribution is 8.36. The highest BCUT2D eigenvalue weighted by Gasteiger charge is 2.04. The zero-order valence-corrected chi connectivity index (χ0v) is 10.2. The van der Waals surface area contributed by atoms with E-state index in [4.69, 9.17) is 5.11 Å². The van der Waals surface area contributed by atoms with Crippen LogP contribution in [0.1, 0.15) is 26.2 Å². The lowest BCUT2D eigenvalue weighted by atomic mass is 10.2. The summed E-state index contributed by atoms with van der Waals surface area (Å²) in [4.78, 5) is 0. The summed E-state index contributed by atoms with van der Waals surface area (Å²) >= 11 is 0. The van der Waals surface area contributed by atoms with Crippen LogP contribution < -0.4 is 0 Å². The number of unbranched alkanes of at least 4 members (excludes halogenated alkanes) is 2. The lowest BCUT2D eigenvalue weighted by Gasteiger charge is -2.20. The highest BCUT2D eigenvalue weighted by atomic mass is 32.3. The number of rotatable bonds is 4. The first-order chi connectivity index (χ1) is 6.62. The maximum atomic E-state index is 8.58. The van der Waals surface area contributed by atoms with E-state index in [9.17, 15) is 0 Å². The number of aliphatic hydroxyl groups excluding tert-OH is 1. The summed E-state index contributed by atoms with van der Waals surface area (Å²) in [6.07, 6.45) is 7.14. The molecule has 0 aromatic carbocycles. The average Bonchev–Trinajstić information content (AvgIpc) is 2.15. The molecule has 0 atom stereocenters. The van der Waals surface area contributed by atoms with Crippen molar-refractivity contribution >= 4 is 10.0 Å². The van der Waals surface area contributed by atoms with E-state index in [0.29, 0.717) is 0 Å². The molecule has 0 saturated heterocycles. The second-order valence-corrected chi connectivity index (χ2v) is 7.14. The van der Waals surface area contributed by atoms with Crippen molar-refractivity contribution in [2.75, 3.05) is 24.9 Å². The Kier molecular flexibility index (Phi) is 7.48. The number of hydrogen-bond acceptors (Lipinski definition) is 1. The Bertz CT molecular complexity index is 260. The third kappa shape index (κ3) is 8.05. The Labute approximate surface area is 89.6 Å². The third-order valence-electron chi connectivity index (χ3n) is 1.67. The molecule has 0 saturated carbocycles. The normalized spacial score (nSPS) is 10.9. The fourth-order valence-corrected chi connectivity index (χ4v) is 1.93. The topological polar surface area (TPSA) is 20.2 Å². The van der Waals surface area contributed by atoms with Crippen LogP contribution in [0, 0.1) is 23.0 Å². The largest absolute Gasteiger partial charge is 0.396 e. The van der Waals surface area contributed by atoms with Gasteiger partial charge in [0.2, 0.25) is 0 Å². The molecule has 0 amide bonds. The van der Waals surface area contributed by atoms with Gasteiger partial charge in [0.15, 0.2) is 0 Å². The molecule has 14 heavy (non-hydrogen) atoms. The average molecular weight is 212 g/mol. The van der Waals surface area contributed by atoms with Crippen LogP contribution in [0.2, 0.25) is 0 Å². The van der Waals surface area contributed by atoms with Gasteiger partial charge >= 0.3 is 0 Å². The predicted octanol–water partition coefficient (Wildman–Crippen LogP) is 2.20. The smallest absolute Gasteiger partial charge is 0.0485 e. The van der Waals surface area contributed by atoms with E-state index in [-0.39, 0.29) is 6.61 Å². The summed E-state index contributed by atoms with van der Waals surface area (Å²) < 4.78 is 0. The number of aliphatic hydroxyl groups is 1. The summed E-state index contributed by atoms with van der Waals surface area (Å²) in [5, 5.41) is 11.9. The molecule has 0 rings (SSSR count). The van der Waals surface area contributed by atoms with Gasteiger partial charge in [-0.05, 0) is 32.3 Å². The molecule has 80 valence electrons. The van der Waals surface area contributed by atoms with Gasteiger partial charge in [-0.25, -0.2) is 0 Å². The Morgan fingerprint density at radius 2 is 1.86 bits per heavy atom. The summed E-state index contributed by atoms with van der Waals surface area (Å²) in [6.45, 7) is 2.14. The minimum atomic E-state index is -0.828. The minimum Gasteiger partial charge on any atom is -0.396 e. The minimum absolute atomic E-state index is 0.277. The van der Waals surface area contributed by atoms with Crippen LogP contribution in [0.4, 0.5) is 0 Å². The molecule has 0 radical (unpaired) electrons. The van der Waals surface area contributed by atoms with Gasteiger partial charge in [0.05, 0.1) is 0 Å². The molecule has 0 fully saturated rings. The second kappa shape index (κ2) is 7.80. The van der Waals surface area contributed by atoms with E-state index >= 15 is 0 Å². The van der Waals surface area contributed by atoms with Gasteiger partial charge in [-0.1, -0.05) is 17.1 Å². The molecule has 2 heteroatoms. The Hall–Kier alpha value is -0.570. The lowest BCUT2D eigenvalue weighted by molar-refractivity contribution is 0.285. The van der Waals surface area contributed by atoms with E-state index in [1.807, 2.05) is 6.92 Å². The first-order valence-corrected chi connectivity index (χ1v) is 7.45. The molecule has 0 aliphatic carbocycles. The molecule has 0 unspecified atom stereocenters. The van der Waals surface area contributed by atoms with Crippen molar-refractivity contribution in [1.82, 2.24) is 0 Å². The van der Waals surface area contributed by atoms with Crippen molar-refractivity contribution < 1.29 is 5.11 Å². The molecular weight excluding hydrogens is 192 g/mol. The van der Waals surface area contributed by atoms with Crippen LogP contribution in [0.25, 0.3) is 0 Å². The SMILES string of the molecule is CC#CCS(C)(C)C#CCCCCO. The molecular formula is C12H20OS. The molecule has 0 aliphatic heterocycles. The molecule has 1 nitrogen and oxygen atoms in total. The van der Waals surface area contributed by atoms with Crippen LogP contribution >= 0.6 is 10.0 Å². The van der Waals surface area contributed by atoms with Crippen LogP contribution in [-0.4, -0.2) is 30.0 Å². The van der Waals surface area contributed by atoms with E-state index in [2.05, 4.69) is 35.5 Å². The van der Waals surface area contributed by atoms with Gasteiger partial charge in [-0.2, -0.15) is 10.0 Å². The summed E-state index contributed by atoms with van der Waals surface area (Å²) in [6, 6.07) is 0. The Morgan fingerprint density at radius 1 is 1.14 bits per heavy atom. The van der Waals surface area contributed by atoms with E-state index < -0.39 is 10.0 Å². The van der Waals surface area contributed by atoms with Crippen molar-refractivity contribution in [2.45, 2.75) is 26.2 Å². The van der Waals surface area contributed by atoms with E-state index in [1.54, 1.807) is 0 Å². The van der Waals surface area contributed by atoms with Crippen LogP contribution in [0.5, 0.6) is 0 Å². The maximum absolute atomic E-state index is 8.58. The Balaban J connectivity index is 3.85. The molecule has 0 aromatic heterocycles. The quantitative estimate of drug-likeness (QED) is 0.559. The maximum Gasteiger partial charge on any atom is 0.0485 e. The van der Waals surface area contributed by atoms with E-state index in [0.717, 1.165) is 25.0 Å². The van der Waals surface area contributed by atoms with Crippen molar-refractivity contribution in [3.8, 4) is 23.0 Å². The van der Waals surface area contributed by atoms with Crippen LogP contribution in [0.15, 0.2) is 0 Å². The molecule has 0 aliphatic rings. The molecule has 0 aromatic rings. The second-order valence-electron chi connectivity index (χ2n) is 3.57. The van der Waals surface area contributed by atoms with Gasteiger partial charge in [0.25, 0.3) is 0 Å². The summed E-state index contributed by atoms with van der Waals surface area (Å²) in [5.41, 5.74) is 0. The fraction of sp³-hybridized carbons (Fsp3) is 0.667. The lowest BCUT2D eigenvalue weighted by Crippen LogP contribution is -1.95. The van der Waals surface area contributed by atoms with Crippen molar-refractivity contribution in [3.63, 3.8) is 0 Å². The van der Waals surface area contributed by atoms with Crippen LogP contribution in [-0.2, 0) is 0 Å². The van der Waals surface area contributed by atoms with Gasteiger partial charge in [-0.3, -0.25) is 0 Å².